The maximum atomic E-state index is 7.04. The number of rotatable bonds is 1. The topological polar surface area (TPSA) is 21.9 Å². The Morgan fingerprint density at radius 1 is 0.723 bits per heavy atom. The molecule has 4 aliphatic rings. The number of fused-ring (bicyclic) bond motifs is 9. The average molecular weight is 616 g/mol. The number of benzene rings is 4. The van der Waals surface area contributed by atoms with E-state index in [1.165, 1.54) is 56.3 Å². The Kier molecular flexibility index (Phi) is 4.91. The van der Waals surface area contributed by atoms with Crippen molar-refractivity contribution in [1.29, 1.82) is 0 Å². The quantitative estimate of drug-likeness (QED) is 0.169. The highest BCUT2D eigenvalue weighted by Gasteiger charge is 2.71. The second-order valence-corrected chi connectivity index (χ2v) is 16.5. The molecule has 0 amide bonds. The van der Waals surface area contributed by atoms with Gasteiger partial charge in [0.05, 0.1) is 16.7 Å². The molecule has 5 heterocycles. The fraction of sp³-hybridized carbons (Fsp3) is 0.302. The van der Waals surface area contributed by atoms with Crippen molar-refractivity contribution in [3.8, 4) is 34.1 Å². The smallest absolute Gasteiger partial charge is 0.352 e. The van der Waals surface area contributed by atoms with Crippen molar-refractivity contribution in [1.82, 2.24) is 4.57 Å². The summed E-state index contributed by atoms with van der Waals surface area (Å²) in [5.74, 6) is 3.13. The normalized spacial score (nSPS) is 20.2. The molecule has 1 atom stereocenters. The summed E-state index contributed by atoms with van der Waals surface area (Å²) in [5.41, 5.74) is 13.6. The Bertz CT molecular complexity index is 2320. The molecule has 2 aromatic heterocycles. The van der Waals surface area contributed by atoms with E-state index in [2.05, 4.69) is 159 Å². The first-order chi connectivity index (χ1) is 22.4. The maximum Gasteiger partial charge on any atom is 0.352 e. The second kappa shape index (κ2) is 8.41. The van der Waals surface area contributed by atoms with Crippen molar-refractivity contribution in [2.24, 2.45) is 0 Å². The maximum absolute atomic E-state index is 7.04. The van der Waals surface area contributed by atoms with Gasteiger partial charge in [-0.1, -0.05) is 84.9 Å². The van der Waals surface area contributed by atoms with Crippen LogP contribution in [-0.2, 0) is 21.8 Å². The summed E-state index contributed by atoms with van der Waals surface area (Å²) in [6.45, 7) is 16.7. The first-order valence-corrected chi connectivity index (χ1v) is 17.2. The molecule has 1 spiro atoms. The molecule has 0 saturated heterocycles. The number of nitrogens with zero attached hydrogens (tertiary/aromatic N) is 3. The van der Waals surface area contributed by atoms with E-state index in [4.69, 9.17) is 4.74 Å². The summed E-state index contributed by atoms with van der Waals surface area (Å²) in [5, 5.41) is 0. The van der Waals surface area contributed by atoms with Gasteiger partial charge in [-0.15, -0.1) is 0 Å². The molecule has 1 unspecified atom stereocenters. The molecule has 4 nitrogen and oxygen atoms in total. The Hall–Kier alpha value is -4.70. The second-order valence-electron chi connectivity index (χ2n) is 16.5. The fourth-order valence-electron chi connectivity index (χ4n) is 9.47. The first-order valence-electron chi connectivity index (χ1n) is 17.2. The SMILES string of the molecule is CC(C)(C)c1ccc(-n2c3[n+]4c5c(cccc52)Oc2cc5c(c(c2-4)C32c3ccccc3-c3cccc[n+]32)C(C)(C)CCC5(C)C)cc1. The van der Waals surface area contributed by atoms with E-state index in [1.807, 2.05) is 0 Å². The third-order valence-corrected chi connectivity index (χ3v) is 11.8. The van der Waals surface area contributed by atoms with Gasteiger partial charge in [0, 0.05) is 12.1 Å². The zero-order valence-electron chi connectivity index (χ0n) is 28.4. The van der Waals surface area contributed by atoms with Gasteiger partial charge in [-0.2, -0.15) is 13.7 Å². The zero-order chi connectivity index (χ0) is 32.2. The molecule has 6 aromatic rings. The predicted molar refractivity (Wildman–Crippen MR) is 186 cm³/mol. The summed E-state index contributed by atoms with van der Waals surface area (Å²) in [4.78, 5) is 0. The van der Waals surface area contributed by atoms with E-state index in [0.29, 0.717) is 0 Å². The van der Waals surface area contributed by atoms with Crippen molar-refractivity contribution in [2.45, 2.75) is 83.1 Å². The Balaban J connectivity index is 1.47. The lowest BCUT2D eigenvalue weighted by Gasteiger charge is -2.43. The molecule has 4 heteroatoms. The molecule has 1 aliphatic carbocycles. The molecule has 0 bridgehead atoms. The van der Waals surface area contributed by atoms with E-state index in [1.54, 1.807) is 0 Å². The summed E-state index contributed by atoms with van der Waals surface area (Å²) in [6.07, 6.45) is 4.60. The molecule has 3 aliphatic heterocycles. The lowest BCUT2D eigenvalue weighted by Crippen LogP contribution is -2.58. The van der Waals surface area contributed by atoms with E-state index in [-0.39, 0.29) is 16.2 Å². The standard InChI is InChI=1S/C43H41N3O/c1-40(2,3)26-18-20-27(21-19-26)45-32-16-12-17-33-37(32)46-38-34(47-33)25-30-35(42(6,7)23-22-41(30,4)5)36(38)43(39(45)46)29-14-9-8-13-28(29)31-15-10-11-24-44(31)43/h8-21,24-25H,22-23H2,1-7H3/q+2. The van der Waals surface area contributed by atoms with E-state index >= 15 is 0 Å². The lowest BCUT2D eigenvalue weighted by molar-refractivity contribution is -0.733. The zero-order valence-corrected chi connectivity index (χ0v) is 28.4. The highest BCUT2D eigenvalue weighted by Crippen LogP contribution is 2.61. The van der Waals surface area contributed by atoms with E-state index in [0.717, 1.165) is 35.4 Å². The molecule has 4 aromatic carbocycles. The molecule has 47 heavy (non-hydrogen) atoms. The number of aromatic nitrogens is 3. The van der Waals surface area contributed by atoms with Crippen LogP contribution in [0.15, 0.2) is 97.2 Å². The highest BCUT2D eigenvalue weighted by molar-refractivity contribution is 5.87. The summed E-state index contributed by atoms with van der Waals surface area (Å²) < 4.78 is 14.8. The number of pyridine rings is 1. The van der Waals surface area contributed by atoms with Gasteiger partial charge in [0.25, 0.3) is 0 Å². The summed E-state index contributed by atoms with van der Waals surface area (Å²) in [7, 11) is 0. The number of imidazole rings is 1. The van der Waals surface area contributed by atoms with Crippen molar-refractivity contribution in [2.75, 3.05) is 0 Å². The summed E-state index contributed by atoms with van der Waals surface area (Å²) >= 11 is 0. The van der Waals surface area contributed by atoms with Gasteiger partial charge in [0.2, 0.25) is 11.2 Å². The Morgan fingerprint density at radius 2 is 1.47 bits per heavy atom. The van der Waals surface area contributed by atoms with E-state index < -0.39 is 5.54 Å². The van der Waals surface area contributed by atoms with Gasteiger partial charge in [0.1, 0.15) is 5.69 Å². The van der Waals surface area contributed by atoms with Crippen LogP contribution in [0.5, 0.6) is 11.5 Å². The molecule has 10 rings (SSSR count). The van der Waals surface area contributed by atoms with Gasteiger partial charge in [-0.05, 0) is 88.2 Å². The molecular weight excluding hydrogens is 574 g/mol. The van der Waals surface area contributed by atoms with Gasteiger partial charge in [-0.25, -0.2) is 0 Å². The van der Waals surface area contributed by atoms with Crippen molar-refractivity contribution < 1.29 is 13.9 Å². The molecule has 232 valence electrons. The first kappa shape index (κ1) is 27.4. The third-order valence-electron chi connectivity index (χ3n) is 11.8. The van der Waals surface area contributed by atoms with Crippen molar-refractivity contribution in [3.05, 3.63) is 131 Å². The number of hydrogen-bond donors (Lipinski definition) is 0. The summed E-state index contributed by atoms with van der Waals surface area (Å²) in [6, 6.07) is 34.1. The van der Waals surface area contributed by atoms with Crippen LogP contribution in [0.2, 0.25) is 0 Å². The van der Waals surface area contributed by atoms with Crippen LogP contribution in [0.3, 0.4) is 0 Å². The minimum atomic E-state index is -0.611. The average Bonchev–Trinajstić information content (AvgIpc) is 3.66. The monoisotopic (exact) mass is 615 g/mol. The van der Waals surface area contributed by atoms with Crippen LogP contribution in [0.1, 0.15) is 94.9 Å². The van der Waals surface area contributed by atoms with E-state index in [9.17, 15) is 0 Å². The largest absolute Gasteiger partial charge is 0.448 e. The molecule has 0 N–H and O–H groups in total. The van der Waals surface area contributed by atoms with Crippen LogP contribution >= 0.6 is 0 Å². The third kappa shape index (κ3) is 3.15. The van der Waals surface area contributed by atoms with Gasteiger partial charge in [0.15, 0.2) is 28.9 Å². The number of hydrogen-bond acceptors (Lipinski definition) is 1. The Morgan fingerprint density at radius 3 is 2.26 bits per heavy atom. The van der Waals surface area contributed by atoms with Gasteiger partial charge < -0.3 is 4.74 Å². The molecule has 0 fully saturated rings. The number of ether oxygens (including phenoxy) is 1. The van der Waals surface area contributed by atoms with Crippen LogP contribution in [0.25, 0.3) is 33.7 Å². The van der Waals surface area contributed by atoms with Crippen LogP contribution < -0.4 is 13.9 Å². The minimum absolute atomic E-state index is 0.0193. The van der Waals surface area contributed by atoms with Gasteiger partial charge >= 0.3 is 11.4 Å². The molecule has 0 radical (unpaired) electrons. The van der Waals surface area contributed by atoms with Crippen molar-refractivity contribution in [3.63, 3.8) is 0 Å². The highest BCUT2D eigenvalue weighted by atomic mass is 16.5. The predicted octanol–water partition coefficient (Wildman–Crippen LogP) is 9.08. The van der Waals surface area contributed by atoms with Gasteiger partial charge in [-0.3, -0.25) is 0 Å². The molecule has 0 saturated carbocycles. The lowest BCUT2D eigenvalue weighted by atomic mass is 9.60. The number of para-hydroxylation sites is 1. The minimum Gasteiger partial charge on any atom is -0.448 e. The fourth-order valence-corrected chi connectivity index (χ4v) is 9.47. The van der Waals surface area contributed by atoms with Crippen LogP contribution in [0.4, 0.5) is 0 Å². The van der Waals surface area contributed by atoms with Crippen molar-refractivity contribution >= 4 is 11.0 Å². The van der Waals surface area contributed by atoms with Crippen LogP contribution in [0, 0.1) is 0 Å². The Labute approximate surface area is 276 Å². The van der Waals surface area contributed by atoms with Crippen LogP contribution in [-0.4, -0.2) is 4.57 Å². The molecular formula is C43H41N3O+2.